The molecule has 1 heterocycles. The lowest BCUT2D eigenvalue weighted by Crippen LogP contribution is -2.25. The molecule has 0 saturated carbocycles. The fraction of sp³-hybridized carbons (Fsp3) is 0.105. The van der Waals surface area contributed by atoms with Crippen molar-refractivity contribution in [2.75, 3.05) is 0 Å². The van der Waals surface area contributed by atoms with Gasteiger partial charge >= 0.3 is 0 Å². The summed E-state index contributed by atoms with van der Waals surface area (Å²) in [5, 5.41) is 0. The molecule has 0 unspecified atom stereocenters. The minimum Gasteiger partial charge on any atom is -0.744 e. The summed E-state index contributed by atoms with van der Waals surface area (Å²) in [6, 6.07) is 20.4. The first-order chi connectivity index (χ1) is 11.4. The van der Waals surface area contributed by atoms with Crippen LogP contribution in [0.25, 0.3) is 11.1 Å². The molecule has 0 fully saturated rings. The van der Waals surface area contributed by atoms with Crippen LogP contribution in [-0.4, -0.2) is 13.0 Å². The third kappa shape index (κ3) is 5.30. The normalized spacial score (nSPS) is 10.6. The van der Waals surface area contributed by atoms with Crippen LogP contribution in [0.3, 0.4) is 0 Å². The van der Waals surface area contributed by atoms with Crippen molar-refractivity contribution in [3.8, 4) is 11.1 Å². The predicted octanol–water partition coefficient (Wildman–Crippen LogP) is 3.08. The van der Waals surface area contributed by atoms with Crippen LogP contribution < -0.4 is 4.57 Å². The zero-order chi connectivity index (χ0) is 17.6. The highest BCUT2D eigenvalue weighted by atomic mass is 32.2. The highest BCUT2D eigenvalue weighted by molar-refractivity contribution is 7.85. The Kier molecular flexibility index (Phi) is 5.84. The van der Waals surface area contributed by atoms with E-state index in [4.69, 9.17) is 0 Å². The average Bonchev–Trinajstić information content (AvgIpc) is 2.56. The first kappa shape index (κ1) is 17.8. The number of hydrogen-bond donors (Lipinski definition) is 0. The van der Waals surface area contributed by atoms with E-state index in [0.717, 1.165) is 5.56 Å². The molecule has 0 N–H and O–H groups in total. The van der Waals surface area contributed by atoms with E-state index in [0.29, 0.717) is 0 Å². The van der Waals surface area contributed by atoms with Crippen LogP contribution in [0.5, 0.6) is 0 Å². The van der Waals surface area contributed by atoms with E-state index in [9.17, 15) is 13.0 Å². The average molecular weight is 341 g/mol. The largest absolute Gasteiger partial charge is 0.744 e. The van der Waals surface area contributed by atoms with Gasteiger partial charge in [-0.2, -0.15) is 0 Å². The lowest BCUT2D eigenvalue weighted by Gasteiger charge is -2.05. The van der Waals surface area contributed by atoms with E-state index in [1.54, 1.807) is 12.1 Å². The van der Waals surface area contributed by atoms with Crippen molar-refractivity contribution < 1.29 is 17.5 Å². The molecular formula is C19H19NO3S. The van der Waals surface area contributed by atoms with E-state index in [2.05, 4.69) is 48.8 Å². The number of pyridine rings is 1. The van der Waals surface area contributed by atoms with Gasteiger partial charge in [-0.3, -0.25) is 0 Å². The molecule has 0 saturated heterocycles. The van der Waals surface area contributed by atoms with Gasteiger partial charge in [0.05, 0.1) is 4.90 Å². The van der Waals surface area contributed by atoms with Gasteiger partial charge in [-0.1, -0.05) is 48.0 Å². The minimum absolute atomic E-state index is 0.178. The van der Waals surface area contributed by atoms with Crippen molar-refractivity contribution in [3.05, 3.63) is 84.7 Å². The summed E-state index contributed by atoms with van der Waals surface area (Å²) >= 11 is 0. The summed E-state index contributed by atoms with van der Waals surface area (Å²) in [6.45, 7) is 1.82. The standard InChI is InChI=1S/C12H12N.C7H8O3S/c1-13-9-7-12(8-10-13)11-5-3-2-4-6-11;1-6-2-4-7(5-3-6)11(8,9)10/h2-10H,1H3;2-5H,1H3,(H,8,9,10)/q+1;/p-1. The first-order valence-electron chi connectivity index (χ1n) is 7.39. The Labute approximate surface area is 142 Å². The molecule has 124 valence electrons. The van der Waals surface area contributed by atoms with Crippen LogP contribution in [0.2, 0.25) is 0 Å². The fourth-order valence-electron chi connectivity index (χ4n) is 2.03. The number of rotatable bonds is 2. The fourth-order valence-corrected chi connectivity index (χ4v) is 2.50. The molecular weight excluding hydrogens is 322 g/mol. The summed E-state index contributed by atoms with van der Waals surface area (Å²) in [5.74, 6) is 0. The summed E-state index contributed by atoms with van der Waals surface area (Å²) in [7, 11) is -2.25. The molecule has 0 aliphatic carbocycles. The van der Waals surface area contributed by atoms with Crippen molar-refractivity contribution in [2.45, 2.75) is 11.8 Å². The molecule has 1 aromatic heterocycles. The Balaban J connectivity index is 0.000000177. The van der Waals surface area contributed by atoms with Crippen LogP contribution >= 0.6 is 0 Å². The number of aromatic nitrogens is 1. The van der Waals surface area contributed by atoms with Gasteiger partial charge in [-0.15, -0.1) is 0 Å². The van der Waals surface area contributed by atoms with Gasteiger partial charge in [0.15, 0.2) is 12.4 Å². The molecule has 0 atom stereocenters. The maximum atomic E-state index is 10.4. The van der Waals surface area contributed by atoms with Gasteiger partial charge in [0.2, 0.25) is 0 Å². The van der Waals surface area contributed by atoms with Gasteiger partial charge in [0.1, 0.15) is 17.2 Å². The number of nitrogens with zero attached hydrogens (tertiary/aromatic N) is 1. The van der Waals surface area contributed by atoms with Gasteiger partial charge < -0.3 is 4.55 Å². The second-order valence-electron chi connectivity index (χ2n) is 5.39. The Morgan fingerprint density at radius 3 is 1.79 bits per heavy atom. The van der Waals surface area contributed by atoms with Gasteiger partial charge in [-0.05, 0) is 30.2 Å². The smallest absolute Gasteiger partial charge is 0.169 e. The second-order valence-corrected chi connectivity index (χ2v) is 6.77. The van der Waals surface area contributed by atoms with Crippen LogP contribution in [-0.2, 0) is 17.2 Å². The summed E-state index contributed by atoms with van der Waals surface area (Å²) in [6.07, 6.45) is 4.12. The second kappa shape index (κ2) is 7.86. The van der Waals surface area contributed by atoms with Crippen molar-refractivity contribution in [2.24, 2.45) is 7.05 Å². The molecule has 24 heavy (non-hydrogen) atoms. The molecule has 0 spiro atoms. The molecule has 5 heteroatoms. The zero-order valence-electron chi connectivity index (χ0n) is 13.6. The Morgan fingerprint density at radius 1 is 0.792 bits per heavy atom. The number of aryl methyl sites for hydroxylation is 2. The molecule has 4 nitrogen and oxygen atoms in total. The van der Waals surface area contributed by atoms with Gasteiger partial charge in [0, 0.05) is 12.1 Å². The van der Waals surface area contributed by atoms with Crippen LogP contribution in [0.4, 0.5) is 0 Å². The lowest BCUT2D eigenvalue weighted by atomic mass is 10.1. The molecule has 2 aromatic carbocycles. The maximum Gasteiger partial charge on any atom is 0.169 e. The molecule has 3 rings (SSSR count). The molecule has 3 aromatic rings. The highest BCUT2D eigenvalue weighted by Gasteiger charge is 1.98. The van der Waals surface area contributed by atoms with Gasteiger partial charge in [0.25, 0.3) is 0 Å². The van der Waals surface area contributed by atoms with Crippen LogP contribution in [0.15, 0.2) is 84.0 Å². The summed E-state index contributed by atoms with van der Waals surface area (Å²) in [5.41, 5.74) is 3.46. The Hall–Kier alpha value is -2.50. The highest BCUT2D eigenvalue weighted by Crippen LogP contribution is 2.16. The summed E-state index contributed by atoms with van der Waals surface area (Å²) in [4.78, 5) is -0.178. The quantitative estimate of drug-likeness (QED) is 0.531. The molecule has 0 aliphatic heterocycles. The monoisotopic (exact) mass is 341 g/mol. The Morgan fingerprint density at radius 2 is 1.29 bits per heavy atom. The van der Waals surface area contributed by atoms with Crippen molar-refractivity contribution in [1.82, 2.24) is 0 Å². The van der Waals surface area contributed by atoms with E-state index in [1.165, 1.54) is 23.3 Å². The lowest BCUT2D eigenvalue weighted by molar-refractivity contribution is -0.671. The molecule has 0 aliphatic rings. The summed E-state index contributed by atoms with van der Waals surface area (Å²) < 4.78 is 33.2. The van der Waals surface area contributed by atoms with Crippen LogP contribution in [0.1, 0.15) is 5.56 Å². The van der Waals surface area contributed by atoms with Crippen molar-refractivity contribution in [1.29, 1.82) is 0 Å². The van der Waals surface area contributed by atoms with Crippen LogP contribution in [0, 0.1) is 6.92 Å². The third-order valence-corrected chi connectivity index (χ3v) is 4.24. The SMILES string of the molecule is C[n+]1ccc(-c2ccccc2)cc1.Cc1ccc(S(=O)(=O)[O-])cc1. The number of benzene rings is 2. The molecule has 0 amide bonds. The maximum absolute atomic E-state index is 10.4. The predicted molar refractivity (Wildman–Crippen MR) is 92.2 cm³/mol. The van der Waals surface area contributed by atoms with E-state index in [-0.39, 0.29) is 4.90 Å². The first-order valence-corrected chi connectivity index (χ1v) is 8.80. The minimum atomic E-state index is -4.27. The van der Waals surface area contributed by atoms with Crippen molar-refractivity contribution >= 4 is 10.1 Å². The number of hydrogen-bond acceptors (Lipinski definition) is 3. The zero-order valence-corrected chi connectivity index (χ0v) is 14.4. The van der Waals surface area contributed by atoms with Gasteiger partial charge in [-0.25, -0.2) is 13.0 Å². The molecule has 0 bridgehead atoms. The Bertz CT molecular complexity index is 872. The van der Waals surface area contributed by atoms with E-state index >= 15 is 0 Å². The van der Waals surface area contributed by atoms with Crippen molar-refractivity contribution in [3.63, 3.8) is 0 Å². The topological polar surface area (TPSA) is 61.1 Å². The molecule has 0 radical (unpaired) electrons. The van der Waals surface area contributed by atoms with E-state index in [1.807, 2.05) is 24.6 Å². The third-order valence-electron chi connectivity index (χ3n) is 3.40. The van der Waals surface area contributed by atoms with E-state index < -0.39 is 10.1 Å².